The second kappa shape index (κ2) is 9.48. The number of fused-ring (bicyclic) bond motifs is 1. The Balaban J connectivity index is 1.46. The van der Waals surface area contributed by atoms with E-state index in [0.717, 1.165) is 33.5 Å². The summed E-state index contributed by atoms with van der Waals surface area (Å²) in [7, 11) is 1.62. The van der Waals surface area contributed by atoms with Crippen LogP contribution < -0.4 is 4.74 Å². The van der Waals surface area contributed by atoms with Gasteiger partial charge in [0.05, 0.1) is 23.9 Å². The average molecular weight is 480 g/mol. The lowest BCUT2D eigenvalue weighted by Gasteiger charge is -2.05. The van der Waals surface area contributed by atoms with Gasteiger partial charge in [-0.3, -0.25) is 0 Å². The van der Waals surface area contributed by atoms with Gasteiger partial charge in [-0.05, 0) is 41.5 Å². The van der Waals surface area contributed by atoms with E-state index < -0.39 is 0 Å². The molecule has 4 nitrogen and oxygen atoms in total. The van der Waals surface area contributed by atoms with E-state index in [2.05, 4.69) is 47.5 Å². The Morgan fingerprint density at radius 3 is 2.41 bits per heavy atom. The van der Waals surface area contributed by atoms with Crippen LogP contribution in [0.15, 0.2) is 84.2 Å². The molecule has 0 atom stereocenters. The highest BCUT2D eigenvalue weighted by atomic mass is 35.5. The van der Waals surface area contributed by atoms with Crippen LogP contribution in [0.25, 0.3) is 44.9 Å². The molecule has 0 N–H and O–H groups in total. The summed E-state index contributed by atoms with van der Waals surface area (Å²) in [5.41, 5.74) is 5.99. The zero-order valence-corrected chi connectivity index (χ0v) is 19.8. The first-order valence-corrected chi connectivity index (χ1v) is 11.8. The lowest BCUT2D eigenvalue weighted by molar-refractivity contribution is 0.415. The second-order valence-corrected chi connectivity index (χ2v) is 8.79. The number of ether oxygens (including phenoxy) is 1. The summed E-state index contributed by atoms with van der Waals surface area (Å²) in [6.45, 7) is 0. The molecule has 0 saturated heterocycles. The molecule has 0 radical (unpaired) electrons. The second-order valence-electron chi connectivity index (χ2n) is 7.58. The molecular formula is C28H18ClN3OS. The Kier molecular flexibility index (Phi) is 6.09. The van der Waals surface area contributed by atoms with E-state index in [9.17, 15) is 5.26 Å². The van der Waals surface area contributed by atoms with Gasteiger partial charge in [0.1, 0.15) is 22.0 Å². The van der Waals surface area contributed by atoms with Crippen molar-refractivity contribution < 1.29 is 4.74 Å². The van der Waals surface area contributed by atoms with E-state index in [4.69, 9.17) is 21.3 Å². The number of aromatic nitrogens is 2. The molecule has 0 bridgehead atoms. The van der Waals surface area contributed by atoms with Gasteiger partial charge in [-0.2, -0.15) is 5.26 Å². The van der Waals surface area contributed by atoms with Crippen LogP contribution in [0.4, 0.5) is 0 Å². The number of hydrogen-bond acceptors (Lipinski definition) is 5. The van der Waals surface area contributed by atoms with Gasteiger partial charge in [-0.15, -0.1) is 11.3 Å². The van der Waals surface area contributed by atoms with Crippen LogP contribution >= 0.6 is 22.9 Å². The number of halogens is 1. The van der Waals surface area contributed by atoms with Gasteiger partial charge in [-0.25, -0.2) is 9.97 Å². The highest BCUT2D eigenvalue weighted by molar-refractivity contribution is 7.11. The lowest BCUT2D eigenvalue weighted by Crippen LogP contribution is -1.89. The van der Waals surface area contributed by atoms with Gasteiger partial charge in [0.2, 0.25) is 0 Å². The van der Waals surface area contributed by atoms with E-state index in [1.807, 2.05) is 47.8 Å². The molecule has 0 aliphatic heterocycles. The van der Waals surface area contributed by atoms with E-state index in [0.29, 0.717) is 21.3 Å². The van der Waals surface area contributed by atoms with Crippen LogP contribution in [-0.2, 0) is 0 Å². The minimum atomic E-state index is 0.332. The summed E-state index contributed by atoms with van der Waals surface area (Å²) in [6, 6.07) is 28.2. The van der Waals surface area contributed by atoms with Gasteiger partial charge in [0.15, 0.2) is 0 Å². The third kappa shape index (κ3) is 4.42. The molecule has 0 fully saturated rings. The Morgan fingerprint density at radius 2 is 1.68 bits per heavy atom. The zero-order chi connectivity index (χ0) is 23.5. The average Bonchev–Trinajstić information content (AvgIpc) is 3.38. The Morgan fingerprint density at radius 1 is 0.941 bits per heavy atom. The third-order valence-corrected chi connectivity index (χ3v) is 6.62. The van der Waals surface area contributed by atoms with Gasteiger partial charge >= 0.3 is 0 Å². The molecule has 0 unspecified atom stereocenters. The fourth-order valence-electron chi connectivity index (χ4n) is 3.67. The highest BCUT2D eigenvalue weighted by Gasteiger charge is 2.12. The Bertz CT molecular complexity index is 1550. The van der Waals surface area contributed by atoms with Gasteiger partial charge in [0, 0.05) is 21.9 Å². The molecule has 0 spiro atoms. The van der Waals surface area contributed by atoms with Crippen molar-refractivity contribution in [1.29, 1.82) is 5.26 Å². The molecule has 6 heteroatoms. The minimum absolute atomic E-state index is 0.332. The summed E-state index contributed by atoms with van der Waals surface area (Å²) in [4.78, 5) is 9.17. The lowest BCUT2D eigenvalue weighted by atomic mass is 10.0. The molecule has 3 aromatic carbocycles. The predicted molar refractivity (Wildman–Crippen MR) is 140 cm³/mol. The molecule has 0 amide bonds. The van der Waals surface area contributed by atoms with Crippen molar-refractivity contribution in [3.05, 3.63) is 100.0 Å². The number of rotatable bonds is 5. The molecule has 0 aliphatic rings. The van der Waals surface area contributed by atoms with Crippen LogP contribution in [0.2, 0.25) is 5.15 Å². The van der Waals surface area contributed by atoms with Gasteiger partial charge in [-0.1, -0.05) is 66.2 Å². The number of methoxy groups -OCH3 is 1. The van der Waals surface area contributed by atoms with E-state index in [1.165, 1.54) is 16.9 Å². The zero-order valence-electron chi connectivity index (χ0n) is 18.2. The summed E-state index contributed by atoms with van der Waals surface area (Å²) >= 11 is 7.85. The Hall–Kier alpha value is -3.98. The maximum absolute atomic E-state index is 9.83. The number of allylic oxidation sites excluding steroid dienone is 1. The first kappa shape index (κ1) is 21.8. The van der Waals surface area contributed by atoms with E-state index in [-0.39, 0.29) is 0 Å². The van der Waals surface area contributed by atoms with E-state index in [1.54, 1.807) is 13.2 Å². The van der Waals surface area contributed by atoms with Crippen LogP contribution in [0.5, 0.6) is 5.75 Å². The maximum atomic E-state index is 9.83. The van der Waals surface area contributed by atoms with Crippen molar-refractivity contribution in [2.75, 3.05) is 7.11 Å². The minimum Gasteiger partial charge on any atom is -0.497 e. The molecule has 164 valence electrons. The topological polar surface area (TPSA) is 58.8 Å². The summed E-state index contributed by atoms with van der Waals surface area (Å²) in [5.74, 6) is 0.731. The van der Waals surface area contributed by atoms with Crippen molar-refractivity contribution in [3.63, 3.8) is 0 Å². The highest BCUT2D eigenvalue weighted by Crippen LogP contribution is 2.31. The molecular weight excluding hydrogens is 462 g/mol. The predicted octanol–water partition coefficient (Wildman–Crippen LogP) is 7.75. The van der Waals surface area contributed by atoms with Gasteiger partial charge in [0.25, 0.3) is 0 Å². The van der Waals surface area contributed by atoms with Crippen molar-refractivity contribution in [2.24, 2.45) is 0 Å². The normalized spacial score (nSPS) is 11.4. The number of benzene rings is 3. The van der Waals surface area contributed by atoms with Gasteiger partial charge < -0.3 is 4.74 Å². The summed E-state index contributed by atoms with van der Waals surface area (Å²) in [5, 5.41) is 13.6. The fraction of sp³-hybridized carbons (Fsp3) is 0.0357. The van der Waals surface area contributed by atoms with Crippen LogP contribution in [0, 0.1) is 11.3 Å². The molecule has 34 heavy (non-hydrogen) atoms. The molecule has 2 heterocycles. The first-order valence-electron chi connectivity index (χ1n) is 10.5. The maximum Gasteiger partial charge on any atom is 0.137 e. The summed E-state index contributed by atoms with van der Waals surface area (Å²) in [6.07, 6.45) is 1.73. The largest absolute Gasteiger partial charge is 0.497 e. The molecule has 5 aromatic rings. The standard InChI is InChI=1S/C28H18ClN3OS/c1-33-24-11-12-25-21(15-24)13-22(27(29)31-25)14-23(16-30)28-32-26(17-34-28)20-9-7-19(8-10-20)18-5-3-2-4-6-18/h2-15,17H,1H3/b23-14+. The van der Waals surface area contributed by atoms with Crippen LogP contribution in [0.1, 0.15) is 10.6 Å². The monoisotopic (exact) mass is 479 g/mol. The van der Waals surface area contributed by atoms with Crippen LogP contribution in [-0.4, -0.2) is 17.1 Å². The molecule has 2 aromatic heterocycles. The molecule has 0 saturated carbocycles. The smallest absolute Gasteiger partial charge is 0.137 e. The summed E-state index contributed by atoms with van der Waals surface area (Å²) < 4.78 is 5.30. The SMILES string of the molecule is COc1ccc2nc(Cl)c(/C=C(\C#N)c3nc(-c4ccc(-c5ccccc5)cc4)cs3)cc2c1. The Labute approximate surface area is 206 Å². The van der Waals surface area contributed by atoms with Crippen LogP contribution in [0.3, 0.4) is 0 Å². The number of thiazole rings is 1. The third-order valence-electron chi connectivity index (χ3n) is 5.45. The van der Waals surface area contributed by atoms with Crippen molar-refractivity contribution in [3.8, 4) is 34.2 Å². The quantitative estimate of drug-likeness (QED) is 0.191. The number of hydrogen-bond donors (Lipinski definition) is 0. The number of pyridine rings is 1. The van der Waals surface area contributed by atoms with Crippen molar-refractivity contribution >= 4 is 45.5 Å². The molecule has 0 aliphatic carbocycles. The number of nitrogens with zero attached hydrogens (tertiary/aromatic N) is 3. The molecule has 5 rings (SSSR count). The van der Waals surface area contributed by atoms with Crippen molar-refractivity contribution in [2.45, 2.75) is 0 Å². The first-order chi connectivity index (χ1) is 16.6. The van der Waals surface area contributed by atoms with E-state index >= 15 is 0 Å². The van der Waals surface area contributed by atoms with Crippen molar-refractivity contribution in [1.82, 2.24) is 9.97 Å². The fourth-order valence-corrected chi connectivity index (χ4v) is 4.66. The number of nitriles is 1.